The van der Waals surface area contributed by atoms with Gasteiger partial charge in [-0.25, -0.2) is 4.79 Å². The van der Waals surface area contributed by atoms with E-state index < -0.39 is 6.09 Å². The van der Waals surface area contributed by atoms with Crippen LogP contribution >= 0.6 is 0 Å². The molecule has 1 saturated heterocycles. The van der Waals surface area contributed by atoms with Crippen LogP contribution in [-0.2, 0) is 11.3 Å². The molecule has 5 nitrogen and oxygen atoms in total. The number of rotatable bonds is 5. The van der Waals surface area contributed by atoms with Crippen LogP contribution < -0.4 is 16.4 Å². The molecule has 1 aromatic carbocycles. The van der Waals surface area contributed by atoms with Crippen molar-refractivity contribution in [3.63, 3.8) is 0 Å². The molecule has 1 heterocycles. The molecule has 122 valence electrons. The number of carbonyl (C=O) groups is 1. The molecule has 1 fully saturated rings. The molecule has 3 rings (SSSR count). The normalized spacial score (nSPS) is 28.9. The molecule has 0 bridgehead atoms. The number of nitrogens with two attached hydrogens (primary N) is 1. The van der Waals surface area contributed by atoms with Crippen LogP contribution in [0.4, 0.5) is 4.79 Å². The van der Waals surface area contributed by atoms with Crippen molar-refractivity contribution in [2.75, 3.05) is 6.54 Å². The number of benzene rings is 1. The van der Waals surface area contributed by atoms with Crippen molar-refractivity contribution in [1.29, 1.82) is 0 Å². The quantitative estimate of drug-likeness (QED) is 0.726. The summed E-state index contributed by atoms with van der Waals surface area (Å²) in [5, 5.41) is 6.08. The second-order valence-electron chi connectivity index (χ2n) is 6.43. The third kappa shape index (κ3) is 4.00. The smallest absolute Gasteiger partial charge is 0.408 e. The first kappa shape index (κ1) is 15.8. The van der Waals surface area contributed by atoms with E-state index in [1.54, 1.807) is 0 Å². The predicted octanol–water partition coefficient (Wildman–Crippen LogP) is 2.06. The molecule has 1 aromatic rings. The van der Waals surface area contributed by atoms with Gasteiger partial charge >= 0.3 is 6.09 Å². The maximum Gasteiger partial charge on any atom is 0.408 e. The Balaban J connectivity index is 1.43. The van der Waals surface area contributed by atoms with Crippen LogP contribution in [0.25, 0.3) is 0 Å². The van der Waals surface area contributed by atoms with Crippen LogP contribution in [0.3, 0.4) is 0 Å². The third-order valence-corrected chi connectivity index (χ3v) is 4.38. The topological polar surface area (TPSA) is 86.3 Å². The average Bonchev–Trinajstić information content (AvgIpc) is 3.33. The lowest BCUT2D eigenvalue weighted by atomic mass is 9.81. The predicted molar refractivity (Wildman–Crippen MR) is 89.5 cm³/mol. The van der Waals surface area contributed by atoms with Gasteiger partial charge in [-0.15, -0.1) is 0 Å². The molecular formula is C18H23N3O2. The van der Waals surface area contributed by atoms with Gasteiger partial charge in [-0.05, 0) is 17.6 Å². The fourth-order valence-electron chi connectivity index (χ4n) is 2.61. The molecule has 0 spiro atoms. The standard InChI is InChI=1S/C18H23N3O2/c1-18(12-19)9-7-14(8-10-18)15-16(20-15)21-17(22)23-11-13-5-3-2-4-6-13/h2-9,15-16,20H,10-12,19H2,1H3,(H,21,22). The second-order valence-corrected chi connectivity index (χ2v) is 6.43. The van der Waals surface area contributed by atoms with Crippen LogP contribution in [-0.4, -0.2) is 24.8 Å². The molecule has 1 amide bonds. The van der Waals surface area contributed by atoms with E-state index in [9.17, 15) is 4.79 Å². The highest BCUT2D eigenvalue weighted by atomic mass is 16.5. The van der Waals surface area contributed by atoms with E-state index in [1.165, 1.54) is 5.57 Å². The van der Waals surface area contributed by atoms with Gasteiger partial charge in [-0.2, -0.15) is 0 Å². The summed E-state index contributed by atoms with van der Waals surface area (Å²) in [7, 11) is 0. The van der Waals surface area contributed by atoms with Gasteiger partial charge in [0.1, 0.15) is 12.8 Å². The van der Waals surface area contributed by atoms with E-state index in [0.717, 1.165) is 12.0 Å². The Bertz CT molecular complexity index is 626. The van der Waals surface area contributed by atoms with E-state index in [2.05, 4.69) is 35.8 Å². The number of ether oxygens (including phenoxy) is 1. The van der Waals surface area contributed by atoms with Crippen molar-refractivity contribution in [2.24, 2.45) is 11.1 Å². The summed E-state index contributed by atoms with van der Waals surface area (Å²) in [6, 6.07) is 9.80. The highest BCUT2D eigenvalue weighted by Crippen LogP contribution is 2.31. The van der Waals surface area contributed by atoms with Gasteiger partial charge < -0.3 is 15.8 Å². The molecule has 5 heteroatoms. The van der Waals surface area contributed by atoms with Crippen LogP contribution in [0.5, 0.6) is 0 Å². The number of carbonyl (C=O) groups excluding carboxylic acids is 1. The van der Waals surface area contributed by atoms with Gasteiger partial charge in [0.05, 0.1) is 6.04 Å². The fourth-order valence-corrected chi connectivity index (χ4v) is 2.61. The van der Waals surface area contributed by atoms with Gasteiger partial charge in [0.15, 0.2) is 0 Å². The summed E-state index contributed by atoms with van der Waals surface area (Å²) in [6.45, 7) is 3.06. The minimum atomic E-state index is -0.402. The molecule has 0 saturated carbocycles. The molecule has 0 aromatic heterocycles. The zero-order valence-electron chi connectivity index (χ0n) is 13.3. The summed E-state index contributed by atoms with van der Waals surface area (Å²) < 4.78 is 5.22. The van der Waals surface area contributed by atoms with Gasteiger partial charge in [0.2, 0.25) is 0 Å². The van der Waals surface area contributed by atoms with Crippen molar-refractivity contribution in [3.05, 3.63) is 59.7 Å². The molecule has 1 aliphatic heterocycles. The first-order valence-electron chi connectivity index (χ1n) is 7.92. The highest BCUT2D eigenvalue weighted by Gasteiger charge is 2.40. The SMILES string of the molecule is CC1(CN)C=CC(C2NC2NC(=O)OCc2ccccc2)=CC1. The van der Waals surface area contributed by atoms with E-state index >= 15 is 0 Å². The Morgan fingerprint density at radius 2 is 2.22 bits per heavy atom. The maximum absolute atomic E-state index is 11.8. The Kier molecular flexibility index (Phi) is 4.50. The zero-order chi connectivity index (χ0) is 16.3. The van der Waals surface area contributed by atoms with Gasteiger partial charge in [-0.1, -0.05) is 55.5 Å². The first-order valence-corrected chi connectivity index (χ1v) is 7.92. The Morgan fingerprint density at radius 1 is 1.43 bits per heavy atom. The molecule has 3 unspecified atom stereocenters. The van der Waals surface area contributed by atoms with Crippen molar-refractivity contribution >= 4 is 6.09 Å². The summed E-state index contributed by atoms with van der Waals surface area (Å²) in [6.07, 6.45) is 6.93. The molecule has 1 aliphatic carbocycles. The zero-order valence-corrected chi connectivity index (χ0v) is 13.3. The van der Waals surface area contributed by atoms with Crippen molar-refractivity contribution in [1.82, 2.24) is 10.6 Å². The minimum Gasteiger partial charge on any atom is -0.445 e. The van der Waals surface area contributed by atoms with E-state index in [1.807, 2.05) is 30.3 Å². The summed E-state index contributed by atoms with van der Waals surface area (Å²) in [4.78, 5) is 11.8. The van der Waals surface area contributed by atoms with Crippen LogP contribution in [0.2, 0.25) is 0 Å². The molecule has 23 heavy (non-hydrogen) atoms. The fraction of sp³-hybridized carbons (Fsp3) is 0.389. The van der Waals surface area contributed by atoms with Gasteiger partial charge in [-0.3, -0.25) is 5.32 Å². The highest BCUT2D eigenvalue weighted by molar-refractivity contribution is 5.68. The van der Waals surface area contributed by atoms with Crippen LogP contribution in [0.1, 0.15) is 18.9 Å². The number of alkyl carbamates (subject to hydrolysis) is 1. The molecular weight excluding hydrogens is 290 g/mol. The van der Waals surface area contributed by atoms with Crippen LogP contribution in [0, 0.1) is 5.41 Å². The second kappa shape index (κ2) is 6.56. The van der Waals surface area contributed by atoms with E-state index in [-0.39, 0.29) is 24.2 Å². The average molecular weight is 313 g/mol. The summed E-state index contributed by atoms with van der Waals surface area (Å²) >= 11 is 0. The number of hydrogen-bond acceptors (Lipinski definition) is 4. The Morgan fingerprint density at radius 3 is 2.87 bits per heavy atom. The lowest BCUT2D eigenvalue weighted by Gasteiger charge is -2.25. The first-order chi connectivity index (χ1) is 11.1. The Labute approximate surface area is 136 Å². The number of allylic oxidation sites excluding steroid dienone is 1. The number of nitrogens with one attached hydrogen (secondary N) is 2. The molecule has 3 atom stereocenters. The van der Waals surface area contributed by atoms with Crippen molar-refractivity contribution in [3.8, 4) is 0 Å². The van der Waals surface area contributed by atoms with E-state index in [4.69, 9.17) is 10.5 Å². The number of hydrogen-bond donors (Lipinski definition) is 3. The van der Waals surface area contributed by atoms with Crippen LogP contribution in [0.15, 0.2) is 54.1 Å². The van der Waals surface area contributed by atoms with Gasteiger partial charge in [0, 0.05) is 12.0 Å². The van der Waals surface area contributed by atoms with Crippen molar-refractivity contribution < 1.29 is 9.53 Å². The lowest BCUT2D eigenvalue weighted by Crippen LogP contribution is -2.30. The third-order valence-electron chi connectivity index (χ3n) is 4.38. The minimum absolute atomic E-state index is 0.0515. The molecule has 2 aliphatic rings. The van der Waals surface area contributed by atoms with Gasteiger partial charge in [0.25, 0.3) is 0 Å². The van der Waals surface area contributed by atoms with Crippen molar-refractivity contribution in [2.45, 2.75) is 32.2 Å². The summed E-state index contributed by atoms with van der Waals surface area (Å²) in [5.74, 6) is 0. The maximum atomic E-state index is 11.8. The largest absolute Gasteiger partial charge is 0.445 e. The monoisotopic (exact) mass is 313 g/mol. The van der Waals surface area contributed by atoms with E-state index in [0.29, 0.717) is 6.54 Å². The summed E-state index contributed by atoms with van der Waals surface area (Å²) in [5.41, 5.74) is 8.00. The Hall–Kier alpha value is -2.11. The number of amides is 1. The lowest BCUT2D eigenvalue weighted by molar-refractivity contribution is 0.139. The molecule has 0 radical (unpaired) electrons. The molecule has 4 N–H and O–H groups in total.